The lowest BCUT2D eigenvalue weighted by Gasteiger charge is -2.38. The number of likely N-dealkylation sites (tertiary alicyclic amines) is 1. The topological polar surface area (TPSA) is 122 Å². The fourth-order valence-corrected chi connectivity index (χ4v) is 6.80. The van der Waals surface area contributed by atoms with Crippen LogP contribution < -0.4 is 10.0 Å². The van der Waals surface area contributed by atoms with Crippen LogP contribution in [0.4, 0.5) is 10.1 Å². The highest BCUT2D eigenvalue weighted by Gasteiger charge is 2.51. The number of carbonyl (C=O) groups is 3. The summed E-state index contributed by atoms with van der Waals surface area (Å²) in [7, 11) is -1.26. The molecule has 3 aliphatic rings. The number of anilines is 1. The van der Waals surface area contributed by atoms with Crippen LogP contribution in [0.2, 0.25) is 0 Å². The molecule has 2 aromatic rings. The second-order valence-corrected chi connectivity index (χ2v) is 12.0. The van der Waals surface area contributed by atoms with Gasteiger partial charge < -0.3 is 15.0 Å². The molecule has 11 heteroatoms. The second-order valence-electron chi connectivity index (χ2n) is 10.4. The molecule has 1 spiro atoms. The van der Waals surface area contributed by atoms with Crippen LogP contribution in [0.25, 0.3) is 0 Å². The zero-order valence-electron chi connectivity index (χ0n) is 21.3. The largest absolute Gasteiger partial charge is 0.465 e. The maximum absolute atomic E-state index is 14.8. The number of sulfonamides is 1. The molecule has 0 atom stereocenters. The number of hydrogen-bond donors (Lipinski definition) is 2. The first-order chi connectivity index (χ1) is 18.0. The van der Waals surface area contributed by atoms with Crippen molar-refractivity contribution in [2.24, 2.45) is 0 Å². The van der Waals surface area contributed by atoms with E-state index in [-0.39, 0.29) is 41.0 Å². The Hall–Kier alpha value is -3.31. The van der Waals surface area contributed by atoms with Crippen molar-refractivity contribution in [1.29, 1.82) is 0 Å². The van der Waals surface area contributed by atoms with Gasteiger partial charge in [-0.3, -0.25) is 14.3 Å². The van der Waals surface area contributed by atoms with Crippen molar-refractivity contribution in [3.05, 3.63) is 58.4 Å². The maximum atomic E-state index is 14.8. The summed E-state index contributed by atoms with van der Waals surface area (Å²) in [5, 5.41) is 3.06. The summed E-state index contributed by atoms with van der Waals surface area (Å²) >= 11 is 0. The number of rotatable bonds is 6. The van der Waals surface area contributed by atoms with Gasteiger partial charge in [0.05, 0.1) is 18.1 Å². The summed E-state index contributed by atoms with van der Waals surface area (Å²) in [6.07, 6.45) is 3.88. The molecule has 0 bridgehead atoms. The quantitative estimate of drug-likeness (QED) is 0.538. The molecule has 1 heterocycles. The number of ketones is 1. The lowest BCUT2D eigenvalue weighted by atomic mass is 9.64. The molecule has 2 N–H and O–H groups in total. The van der Waals surface area contributed by atoms with E-state index in [9.17, 15) is 27.2 Å². The molecule has 1 aliphatic heterocycles. The highest BCUT2D eigenvalue weighted by Crippen LogP contribution is 2.52. The number of nitrogens with zero attached hydrogens (tertiary/aromatic N) is 1. The molecule has 2 aromatic carbocycles. The molecular weight excluding hydrogens is 513 g/mol. The first kappa shape index (κ1) is 26.3. The first-order valence-corrected chi connectivity index (χ1v) is 14.1. The van der Waals surface area contributed by atoms with Gasteiger partial charge in [-0.2, -0.15) is 0 Å². The van der Waals surface area contributed by atoms with E-state index >= 15 is 0 Å². The van der Waals surface area contributed by atoms with Crippen molar-refractivity contribution in [2.75, 3.05) is 32.0 Å². The first-order valence-electron chi connectivity index (χ1n) is 12.6. The summed E-state index contributed by atoms with van der Waals surface area (Å²) in [5.74, 6) is -2.23. The highest BCUT2D eigenvalue weighted by atomic mass is 32.2. The zero-order valence-corrected chi connectivity index (χ0v) is 22.1. The molecule has 5 rings (SSSR count). The number of fused-ring (bicyclic) bond motifs is 2. The Bertz CT molecular complexity index is 1430. The summed E-state index contributed by atoms with van der Waals surface area (Å²) in [4.78, 5) is 39.7. The Morgan fingerprint density at radius 2 is 1.84 bits per heavy atom. The number of esters is 1. The fourth-order valence-electron chi connectivity index (χ4n) is 5.70. The van der Waals surface area contributed by atoms with Gasteiger partial charge in [0.1, 0.15) is 16.5 Å². The van der Waals surface area contributed by atoms with Crippen molar-refractivity contribution in [2.45, 2.75) is 54.9 Å². The van der Waals surface area contributed by atoms with E-state index < -0.39 is 32.1 Å². The number of ether oxygens (including phenoxy) is 1. The van der Waals surface area contributed by atoms with E-state index in [4.69, 9.17) is 0 Å². The summed E-state index contributed by atoms with van der Waals surface area (Å²) in [6.45, 7) is 1.70. The normalized spacial score (nSPS) is 19.1. The smallest absolute Gasteiger partial charge is 0.337 e. The minimum absolute atomic E-state index is 0.0214. The van der Waals surface area contributed by atoms with Gasteiger partial charge >= 0.3 is 5.97 Å². The van der Waals surface area contributed by atoms with Crippen LogP contribution in [0, 0.1) is 5.82 Å². The number of hydrogen-bond acceptors (Lipinski definition) is 7. The summed E-state index contributed by atoms with van der Waals surface area (Å²) < 4.78 is 48.1. The van der Waals surface area contributed by atoms with Crippen LogP contribution in [-0.4, -0.2) is 64.3 Å². The standard InChI is InChI=1S/C27H30FN3O6S/c1-31-10-6-17(7-11-31)29-25(33)20-13-18(14-21-19(20)15-24(32)27(21)8-3-9-27)30-38(35,36)23-5-4-16(12-22(23)28)26(34)37-2/h4-5,12-14,17,30H,3,6-11,15H2,1-2H3,(H,29,33). The number of amides is 1. The van der Waals surface area contributed by atoms with Crippen LogP contribution >= 0.6 is 0 Å². The summed E-state index contributed by atoms with van der Waals surface area (Å²) in [5.41, 5.74) is 0.820. The molecule has 1 saturated heterocycles. The van der Waals surface area contributed by atoms with Gasteiger partial charge in [0.25, 0.3) is 15.9 Å². The van der Waals surface area contributed by atoms with Crippen LogP contribution in [-0.2, 0) is 31.4 Å². The molecule has 0 aromatic heterocycles. The van der Waals surface area contributed by atoms with E-state index in [1.807, 2.05) is 7.05 Å². The maximum Gasteiger partial charge on any atom is 0.337 e. The summed E-state index contributed by atoms with van der Waals surface area (Å²) in [6, 6.07) is 5.95. The Morgan fingerprint density at radius 1 is 1.13 bits per heavy atom. The van der Waals surface area contributed by atoms with E-state index in [0.29, 0.717) is 24.0 Å². The van der Waals surface area contributed by atoms with Crippen molar-refractivity contribution < 1.29 is 31.9 Å². The molecule has 1 saturated carbocycles. The van der Waals surface area contributed by atoms with Gasteiger partial charge in [-0.25, -0.2) is 17.6 Å². The number of Topliss-reactive ketones (excluding diaryl/α,β-unsaturated/α-hetero) is 1. The Kier molecular flexibility index (Phi) is 6.77. The average Bonchev–Trinajstić information content (AvgIpc) is 3.15. The van der Waals surface area contributed by atoms with E-state index in [1.54, 1.807) is 6.07 Å². The number of benzene rings is 2. The molecular formula is C27H30FN3O6S. The molecule has 202 valence electrons. The van der Waals surface area contributed by atoms with Crippen molar-refractivity contribution in [3.63, 3.8) is 0 Å². The average molecular weight is 544 g/mol. The molecule has 0 radical (unpaired) electrons. The number of piperidine rings is 1. The van der Waals surface area contributed by atoms with Crippen LogP contribution in [0.1, 0.15) is 63.9 Å². The Morgan fingerprint density at radius 3 is 2.45 bits per heavy atom. The Balaban J connectivity index is 1.49. The van der Waals surface area contributed by atoms with Gasteiger partial charge in [0, 0.05) is 23.7 Å². The molecule has 1 amide bonds. The van der Waals surface area contributed by atoms with Crippen LogP contribution in [0.5, 0.6) is 0 Å². The lowest BCUT2D eigenvalue weighted by molar-refractivity contribution is -0.125. The fraction of sp³-hybridized carbons (Fsp3) is 0.444. The van der Waals surface area contributed by atoms with Crippen LogP contribution in [0.15, 0.2) is 35.2 Å². The third kappa shape index (κ3) is 4.58. The zero-order chi connectivity index (χ0) is 27.2. The Labute approximate surface area is 220 Å². The van der Waals surface area contributed by atoms with E-state index in [0.717, 1.165) is 57.7 Å². The number of carbonyl (C=O) groups excluding carboxylic acids is 3. The van der Waals surface area contributed by atoms with Gasteiger partial charge in [0.15, 0.2) is 0 Å². The second kappa shape index (κ2) is 9.77. The van der Waals surface area contributed by atoms with Crippen molar-refractivity contribution in [3.8, 4) is 0 Å². The van der Waals surface area contributed by atoms with Gasteiger partial charge in [-0.05, 0) is 87.3 Å². The molecule has 9 nitrogen and oxygen atoms in total. The number of halogens is 1. The van der Waals surface area contributed by atoms with Crippen molar-refractivity contribution in [1.82, 2.24) is 10.2 Å². The van der Waals surface area contributed by atoms with Gasteiger partial charge in [-0.15, -0.1) is 0 Å². The lowest BCUT2D eigenvalue weighted by Crippen LogP contribution is -2.43. The third-order valence-electron chi connectivity index (χ3n) is 8.04. The van der Waals surface area contributed by atoms with Gasteiger partial charge in [-0.1, -0.05) is 6.42 Å². The minimum Gasteiger partial charge on any atom is -0.465 e. The molecule has 2 fully saturated rings. The number of methoxy groups -OCH3 is 1. The SMILES string of the molecule is COC(=O)c1ccc(S(=O)(=O)Nc2cc(C(=O)NC3CCN(C)CC3)c3c(c2)C2(CCC2)C(=O)C3)c(F)c1. The van der Waals surface area contributed by atoms with Crippen LogP contribution in [0.3, 0.4) is 0 Å². The van der Waals surface area contributed by atoms with Gasteiger partial charge in [0.2, 0.25) is 0 Å². The van der Waals surface area contributed by atoms with Crippen molar-refractivity contribution >= 4 is 33.4 Å². The predicted molar refractivity (Wildman–Crippen MR) is 137 cm³/mol. The molecule has 0 unspecified atom stereocenters. The third-order valence-corrected chi connectivity index (χ3v) is 9.45. The monoisotopic (exact) mass is 543 g/mol. The highest BCUT2D eigenvalue weighted by molar-refractivity contribution is 7.92. The van der Waals surface area contributed by atoms with E-state index in [2.05, 4.69) is 19.7 Å². The molecule has 38 heavy (non-hydrogen) atoms. The number of nitrogens with one attached hydrogen (secondary N) is 2. The predicted octanol–water partition coefficient (Wildman–Crippen LogP) is 2.78. The molecule has 2 aliphatic carbocycles. The minimum atomic E-state index is -4.43. The van der Waals surface area contributed by atoms with E-state index in [1.165, 1.54) is 6.07 Å².